The molecule has 0 saturated heterocycles. The minimum absolute atomic E-state index is 0.193. The van der Waals surface area contributed by atoms with E-state index in [1.807, 2.05) is 41.8 Å². The Morgan fingerprint density at radius 2 is 1.84 bits per heavy atom. The average molecular weight is 347 g/mol. The predicted octanol–water partition coefficient (Wildman–Crippen LogP) is 5.32. The molecule has 0 spiro atoms. The van der Waals surface area contributed by atoms with Crippen molar-refractivity contribution in [3.8, 4) is 0 Å². The van der Waals surface area contributed by atoms with Crippen LogP contribution in [0.25, 0.3) is 11.0 Å². The molecule has 3 nitrogen and oxygen atoms in total. The topological polar surface area (TPSA) is 42.2 Å². The van der Waals surface area contributed by atoms with Gasteiger partial charge in [0.15, 0.2) is 5.76 Å². The number of rotatable bonds is 4. The smallest absolute Gasteiger partial charge is 0.287 e. The lowest BCUT2D eigenvalue weighted by molar-refractivity contribution is 0.0918. The molecule has 0 aliphatic rings. The molecule has 0 unspecified atom stereocenters. The van der Waals surface area contributed by atoms with Gasteiger partial charge in [-0.2, -0.15) is 0 Å². The Kier molecular flexibility index (Phi) is 4.12. The molecule has 0 radical (unpaired) electrons. The van der Waals surface area contributed by atoms with Gasteiger partial charge < -0.3 is 9.73 Å². The number of furan rings is 1. The number of hydrogen-bond donors (Lipinski definition) is 1. The maximum Gasteiger partial charge on any atom is 0.287 e. The first-order valence-corrected chi connectivity index (χ1v) is 8.98. The largest absolute Gasteiger partial charge is 0.451 e. The first-order valence-electron chi connectivity index (χ1n) is 8.10. The van der Waals surface area contributed by atoms with Gasteiger partial charge in [0.05, 0.1) is 6.04 Å². The SMILES string of the molecule is Cc1ccc([C@@H](NC(=O)c2cc3ccccc3o2)c2cccs2)cc1. The molecule has 4 rings (SSSR count). The lowest BCUT2D eigenvalue weighted by Gasteiger charge is -2.17. The average Bonchev–Trinajstić information content (AvgIpc) is 3.30. The fourth-order valence-electron chi connectivity index (χ4n) is 2.83. The van der Waals surface area contributed by atoms with E-state index >= 15 is 0 Å². The highest BCUT2D eigenvalue weighted by Crippen LogP contribution is 2.27. The van der Waals surface area contributed by atoms with Crippen LogP contribution in [0.1, 0.15) is 32.6 Å². The molecule has 0 aliphatic carbocycles. The van der Waals surface area contributed by atoms with Gasteiger partial charge in [-0.15, -0.1) is 11.3 Å². The number of benzene rings is 2. The summed E-state index contributed by atoms with van der Waals surface area (Å²) in [7, 11) is 0. The highest BCUT2D eigenvalue weighted by Gasteiger charge is 2.21. The summed E-state index contributed by atoms with van der Waals surface area (Å²) < 4.78 is 5.69. The molecule has 0 fully saturated rings. The van der Waals surface area contributed by atoms with E-state index in [4.69, 9.17) is 4.42 Å². The van der Waals surface area contributed by atoms with E-state index < -0.39 is 0 Å². The molecule has 0 bridgehead atoms. The van der Waals surface area contributed by atoms with Crippen molar-refractivity contribution < 1.29 is 9.21 Å². The number of thiophene rings is 1. The Labute approximate surface area is 149 Å². The number of fused-ring (bicyclic) bond motifs is 1. The Bertz CT molecular complexity index is 967. The van der Waals surface area contributed by atoms with Gasteiger partial charge in [0.1, 0.15) is 5.58 Å². The monoisotopic (exact) mass is 347 g/mol. The highest BCUT2D eigenvalue weighted by molar-refractivity contribution is 7.10. The predicted molar refractivity (Wildman–Crippen MR) is 101 cm³/mol. The van der Waals surface area contributed by atoms with E-state index in [2.05, 4.69) is 36.5 Å². The number of carbonyl (C=O) groups is 1. The number of carbonyl (C=O) groups excluding carboxylic acids is 1. The first kappa shape index (κ1) is 15.7. The number of amides is 1. The summed E-state index contributed by atoms with van der Waals surface area (Å²) in [5, 5.41) is 6.05. The molecule has 25 heavy (non-hydrogen) atoms. The molecule has 2 heterocycles. The molecule has 4 heteroatoms. The van der Waals surface area contributed by atoms with Gasteiger partial charge in [-0.05, 0) is 36.1 Å². The van der Waals surface area contributed by atoms with Gasteiger partial charge in [0, 0.05) is 10.3 Å². The number of aryl methyl sites for hydroxylation is 1. The highest BCUT2D eigenvalue weighted by atomic mass is 32.1. The molecule has 1 atom stereocenters. The zero-order valence-corrected chi connectivity index (χ0v) is 14.5. The molecule has 2 aromatic heterocycles. The summed E-state index contributed by atoms with van der Waals surface area (Å²) in [5.41, 5.74) is 2.96. The second-order valence-corrected chi connectivity index (χ2v) is 6.96. The molecule has 1 amide bonds. The van der Waals surface area contributed by atoms with Gasteiger partial charge in [-0.25, -0.2) is 0 Å². The van der Waals surface area contributed by atoms with Gasteiger partial charge in [-0.3, -0.25) is 4.79 Å². The van der Waals surface area contributed by atoms with E-state index in [9.17, 15) is 4.79 Å². The van der Waals surface area contributed by atoms with Gasteiger partial charge in [0.25, 0.3) is 5.91 Å². The van der Waals surface area contributed by atoms with Crippen LogP contribution in [-0.2, 0) is 0 Å². The Morgan fingerprint density at radius 3 is 2.56 bits per heavy atom. The third kappa shape index (κ3) is 3.21. The van der Waals surface area contributed by atoms with Crippen molar-refractivity contribution in [2.45, 2.75) is 13.0 Å². The minimum Gasteiger partial charge on any atom is -0.451 e. The summed E-state index contributed by atoms with van der Waals surface area (Å²) in [6.07, 6.45) is 0. The van der Waals surface area contributed by atoms with Gasteiger partial charge in [-0.1, -0.05) is 54.1 Å². The van der Waals surface area contributed by atoms with Gasteiger partial charge >= 0.3 is 0 Å². The molecule has 0 saturated carbocycles. The summed E-state index contributed by atoms with van der Waals surface area (Å²) in [5.74, 6) is 0.116. The summed E-state index contributed by atoms with van der Waals surface area (Å²) >= 11 is 1.63. The van der Waals surface area contributed by atoms with Crippen LogP contribution in [0.3, 0.4) is 0 Å². The van der Waals surface area contributed by atoms with Crippen molar-refractivity contribution >= 4 is 28.2 Å². The molecule has 2 aromatic carbocycles. The van der Waals surface area contributed by atoms with E-state index in [-0.39, 0.29) is 11.9 Å². The lowest BCUT2D eigenvalue weighted by Crippen LogP contribution is -2.28. The first-order chi connectivity index (χ1) is 12.2. The van der Waals surface area contributed by atoms with E-state index in [0.29, 0.717) is 5.76 Å². The third-order valence-corrected chi connectivity index (χ3v) is 5.10. The third-order valence-electron chi connectivity index (χ3n) is 4.16. The zero-order valence-electron chi connectivity index (χ0n) is 13.7. The zero-order chi connectivity index (χ0) is 17.2. The quantitative estimate of drug-likeness (QED) is 0.543. The van der Waals surface area contributed by atoms with Crippen LogP contribution in [0.4, 0.5) is 0 Å². The number of hydrogen-bond acceptors (Lipinski definition) is 3. The summed E-state index contributed by atoms with van der Waals surface area (Å²) in [4.78, 5) is 13.9. The van der Waals surface area contributed by atoms with Crippen molar-refractivity contribution in [1.82, 2.24) is 5.32 Å². The molecule has 124 valence electrons. The van der Waals surface area contributed by atoms with Gasteiger partial charge in [0.2, 0.25) is 0 Å². The van der Waals surface area contributed by atoms with Crippen LogP contribution < -0.4 is 5.32 Å². The van der Waals surface area contributed by atoms with Crippen molar-refractivity contribution in [2.75, 3.05) is 0 Å². The molecule has 0 aliphatic heterocycles. The van der Waals surface area contributed by atoms with E-state index in [1.54, 1.807) is 17.4 Å². The van der Waals surface area contributed by atoms with Crippen molar-refractivity contribution in [2.24, 2.45) is 0 Å². The Hall–Kier alpha value is -2.85. The molecular formula is C21H17NO2S. The molecule has 4 aromatic rings. The van der Waals surface area contributed by atoms with Crippen LogP contribution in [0, 0.1) is 6.92 Å². The minimum atomic E-state index is -0.213. The van der Waals surface area contributed by atoms with Crippen LogP contribution in [0.15, 0.2) is 76.5 Å². The Balaban J connectivity index is 1.66. The standard InChI is InChI=1S/C21H17NO2S/c1-14-8-10-15(11-9-14)20(19-7-4-12-25-19)22-21(23)18-13-16-5-2-3-6-17(16)24-18/h2-13,20H,1H3,(H,22,23)/t20-/m1/s1. The van der Waals surface area contributed by atoms with Crippen LogP contribution in [-0.4, -0.2) is 5.91 Å². The number of para-hydroxylation sites is 1. The number of nitrogens with one attached hydrogen (secondary N) is 1. The van der Waals surface area contributed by atoms with Crippen molar-refractivity contribution in [3.05, 3.63) is 93.9 Å². The molecule has 1 N–H and O–H groups in total. The lowest BCUT2D eigenvalue weighted by atomic mass is 10.0. The van der Waals surface area contributed by atoms with E-state index in [0.717, 1.165) is 21.4 Å². The van der Waals surface area contributed by atoms with E-state index in [1.165, 1.54) is 5.56 Å². The fraction of sp³-hybridized carbons (Fsp3) is 0.0952. The summed E-state index contributed by atoms with van der Waals surface area (Å²) in [6, 6.07) is 21.5. The normalized spacial score (nSPS) is 12.2. The Morgan fingerprint density at radius 1 is 1.04 bits per heavy atom. The van der Waals surface area contributed by atoms with Crippen molar-refractivity contribution in [3.63, 3.8) is 0 Å². The van der Waals surface area contributed by atoms with Crippen LogP contribution >= 0.6 is 11.3 Å². The van der Waals surface area contributed by atoms with Crippen molar-refractivity contribution in [1.29, 1.82) is 0 Å². The summed E-state index contributed by atoms with van der Waals surface area (Å²) in [6.45, 7) is 2.05. The van der Waals surface area contributed by atoms with Crippen LogP contribution in [0.5, 0.6) is 0 Å². The molecular weight excluding hydrogens is 330 g/mol. The second-order valence-electron chi connectivity index (χ2n) is 5.98. The fourth-order valence-corrected chi connectivity index (χ4v) is 3.63. The second kappa shape index (κ2) is 6.57. The maximum atomic E-state index is 12.8. The maximum absolute atomic E-state index is 12.8. The van der Waals surface area contributed by atoms with Crippen LogP contribution in [0.2, 0.25) is 0 Å².